The molecule has 0 aliphatic rings. The zero-order valence-electron chi connectivity index (χ0n) is 33.4. The van der Waals surface area contributed by atoms with Crippen molar-refractivity contribution in [1.82, 2.24) is 19.5 Å². The van der Waals surface area contributed by atoms with Crippen molar-refractivity contribution in [2.75, 3.05) is 26.1 Å². The van der Waals surface area contributed by atoms with Crippen LogP contribution in [0.5, 0.6) is 11.5 Å². The number of rotatable bonds is 16. The number of hydrogen-bond acceptors (Lipinski definition) is 8. The van der Waals surface area contributed by atoms with E-state index in [1.807, 2.05) is 102 Å². The summed E-state index contributed by atoms with van der Waals surface area (Å²) >= 11 is 0. The lowest BCUT2D eigenvalue weighted by molar-refractivity contribution is -0.0498. The van der Waals surface area contributed by atoms with Gasteiger partial charge in [-0.3, -0.25) is 0 Å². The maximum Gasteiger partial charge on any atom is 0.165 e. The summed E-state index contributed by atoms with van der Waals surface area (Å²) in [5.41, 5.74) is 5.25. The lowest BCUT2D eigenvalue weighted by Gasteiger charge is -2.39. The third-order valence-electron chi connectivity index (χ3n) is 11.0. The summed E-state index contributed by atoms with van der Waals surface area (Å²) in [5, 5.41) is 14.9. The first-order valence-corrected chi connectivity index (χ1v) is 19.8. The van der Waals surface area contributed by atoms with Gasteiger partial charge < -0.3 is 29.2 Å². The van der Waals surface area contributed by atoms with Gasteiger partial charge >= 0.3 is 0 Å². The average Bonchev–Trinajstić information content (AvgIpc) is 3.75. The molecular weight excluding hydrogens is 735 g/mol. The van der Waals surface area contributed by atoms with Crippen LogP contribution in [-0.2, 0) is 15.9 Å². The molecule has 2 N–H and O–H groups in total. The van der Waals surface area contributed by atoms with E-state index in [0.29, 0.717) is 23.4 Å². The van der Waals surface area contributed by atoms with Crippen molar-refractivity contribution in [3.63, 3.8) is 0 Å². The fraction of sp³-hybridized carbons (Fsp3) is 0.180. The van der Waals surface area contributed by atoms with Crippen molar-refractivity contribution in [1.29, 1.82) is 0 Å². The minimum Gasteiger partial charge on any atom is -0.497 e. The number of fused-ring (bicyclic) bond motifs is 1. The monoisotopic (exact) mass is 781 g/mol. The number of anilines is 1. The van der Waals surface area contributed by atoms with Crippen molar-refractivity contribution < 1.29 is 19.3 Å². The minimum absolute atomic E-state index is 0.165. The smallest absolute Gasteiger partial charge is 0.165 e. The standard InChI is InChI=1S/C50H47N5O4/c1-36(59-50(40-20-12-6-13-21-40,41-22-14-7-15-23-41)42-26-30-45(58-3)31-27-42)32-43(33-56)55-35-53-46-47(51-34-52-48(46)55)54-49(37-16-8-4-9-17-37,38-18-10-5-11-19-38)39-24-28-44(57-2)29-25-39/h4-31,34-36,43,56H,32-33H2,1-3H3,(H,51,52,54). The van der Waals surface area contributed by atoms with E-state index in [1.54, 1.807) is 26.9 Å². The third kappa shape index (κ3) is 7.54. The van der Waals surface area contributed by atoms with Crippen LogP contribution in [0.25, 0.3) is 11.2 Å². The molecule has 0 radical (unpaired) electrons. The molecule has 0 amide bonds. The number of hydrogen-bond donors (Lipinski definition) is 2. The van der Waals surface area contributed by atoms with E-state index in [-0.39, 0.29) is 12.7 Å². The summed E-state index contributed by atoms with van der Waals surface area (Å²) in [6.45, 7) is 1.89. The molecule has 9 heteroatoms. The van der Waals surface area contributed by atoms with Gasteiger partial charge in [-0.25, -0.2) is 15.0 Å². The molecule has 296 valence electrons. The van der Waals surface area contributed by atoms with Crippen LogP contribution >= 0.6 is 0 Å². The van der Waals surface area contributed by atoms with Crippen molar-refractivity contribution >= 4 is 17.0 Å². The second-order valence-corrected chi connectivity index (χ2v) is 14.5. The Morgan fingerprint density at radius 2 is 1.02 bits per heavy atom. The van der Waals surface area contributed by atoms with Gasteiger partial charge in [0.1, 0.15) is 34.5 Å². The Labute approximate surface area is 345 Å². The summed E-state index contributed by atoms with van der Waals surface area (Å²) in [4.78, 5) is 14.5. The van der Waals surface area contributed by atoms with Gasteiger partial charge in [0, 0.05) is 0 Å². The lowest BCUT2D eigenvalue weighted by atomic mass is 9.77. The van der Waals surface area contributed by atoms with Crippen LogP contribution < -0.4 is 14.8 Å². The normalized spacial score (nSPS) is 12.8. The molecule has 2 atom stereocenters. The quantitative estimate of drug-likeness (QED) is 0.0935. The number of nitrogens with one attached hydrogen (secondary N) is 1. The number of aliphatic hydroxyl groups excluding tert-OH is 1. The van der Waals surface area contributed by atoms with Crippen LogP contribution in [-0.4, -0.2) is 51.6 Å². The zero-order chi connectivity index (χ0) is 40.7. The predicted octanol–water partition coefficient (Wildman–Crippen LogP) is 9.57. The Hall–Kier alpha value is -6.81. The number of imidazole rings is 1. The molecule has 0 saturated carbocycles. The summed E-state index contributed by atoms with van der Waals surface area (Å²) in [5.74, 6) is 2.06. The first-order chi connectivity index (χ1) is 29.0. The van der Waals surface area contributed by atoms with E-state index in [0.717, 1.165) is 44.9 Å². The van der Waals surface area contributed by atoms with E-state index in [1.165, 1.54) is 0 Å². The second-order valence-electron chi connectivity index (χ2n) is 14.5. The van der Waals surface area contributed by atoms with Crippen LogP contribution in [0.4, 0.5) is 5.82 Å². The number of aromatic nitrogens is 4. The van der Waals surface area contributed by atoms with E-state index in [2.05, 4.69) is 85.0 Å². The van der Waals surface area contributed by atoms with E-state index in [9.17, 15) is 5.11 Å². The van der Waals surface area contributed by atoms with E-state index >= 15 is 0 Å². The summed E-state index contributed by atoms with van der Waals surface area (Å²) in [6, 6.07) is 56.8. The highest BCUT2D eigenvalue weighted by atomic mass is 16.5. The number of methoxy groups -OCH3 is 2. The fourth-order valence-corrected chi connectivity index (χ4v) is 8.21. The van der Waals surface area contributed by atoms with Crippen LogP contribution in [0, 0.1) is 0 Å². The van der Waals surface area contributed by atoms with Gasteiger partial charge in [0.25, 0.3) is 0 Å². The predicted molar refractivity (Wildman–Crippen MR) is 232 cm³/mol. The topological polar surface area (TPSA) is 104 Å². The van der Waals surface area contributed by atoms with Gasteiger partial charge in [-0.05, 0) is 71.0 Å². The molecule has 0 fully saturated rings. The fourth-order valence-electron chi connectivity index (χ4n) is 8.21. The molecule has 0 bridgehead atoms. The number of benzene rings is 6. The van der Waals surface area contributed by atoms with Gasteiger partial charge in [0.15, 0.2) is 11.5 Å². The van der Waals surface area contributed by atoms with Crippen molar-refractivity contribution in [3.8, 4) is 11.5 Å². The van der Waals surface area contributed by atoms with Crippen LogP contribution in [0.3, 0.4) is 0 Å². The largest absolute Gasteiger partial charge is 0.497 e. The molecule has 2 unspecified atom stereocenters. The molecule has 9 nitrogen and oxygen atoms in total. The van der Waals surface area contributed by atoms with E-state index in [4.69, 9.17) is 29.2 Å². The second kappa shape index (κ2) is 17.4. The number of ether oxygens (including phenoxy) is 3. The summed E-state index contributed by atoms with van der Waals surface area (Å²) in [6.07, 6.45) is 3.38. The lowest BCUT2D eigenvalue weighted by Crippen LogP contribution is -2.38. The van der Waals surface area contributed by atoms with Gasteiger partial charge in [0.2, 0.25) is 0 Å². The Bertz CT molecular complexity index is 2470. The number of nitrogens with zero attached hydrogens (tertiary/aromatic N) is 4. The molecule has 0 saturated heterocycles. The third-order valence-corrected chi connectivity index (χ3v) is 11.0. The molecule has 59 heavy (non-hydrogen) atoms. The van der Waals surface area contributed by atoms with Gasteiger partial charge in [-0.1, -0.05) is 146 Å². The van der Waals surface area contributed by atoms with Gasteiger partial charge in [-0.15, -0.1) is 0 Å². The van der Waals surface area contributed by atoms with Crippen LogP contribution in [0.1, 0.15) is 52.8 Å². The first-order valence-electron chi connectivity index (χ1n) is 19.8. The van der Waals surface area contributed by atoms with E-state index < -0.39 is 17.2 Å². The molecule has 2 heterocycles. The highest BCUT2D eigenvalue weighted by molar-refractivity contribution is 5.84. The summed E-state index contributed by atoms with van der Waals surface area (Å²) < 4.78 is 20.3. The van der Waals surface area contributed by atoms with Crippen molar-refractivity contribution in [2.45, 2.75) is 36.6 Å². The SMILES string of the molecule is COc1ccc(C(Nc2ncnc3c2ncn3C(CO)CC(C)OC(c2ccccc2)(c2ccccc2)c2ccc(OC)cc2)(c2ccccc2)c2ccccc2)cc1. The Balaban J connectivity index is 1.18. The average molecular weight is 782 g/mol. The molecule has 0 aliphatic carbocycles. The summed E-state index contributed by atoms with van der Waals surface area (Å²) in [7, 11) is 3.33. The Morgan fingerprint density at radius 1 is 0.576 bits per heavy atom. The van der Waals surface area contributed by atoms with Gasteiger partial charge in [-0.2, -0.15) is 0 Å². The molecule has 8 aromatic rings. The molecule has 2 aromatic heterocycles. The minimum atomic E-state index is -0.968. The Morgan fingerprint density at radius 3 is 1.49 bits per heavy atom. The Kier molecular flexibility index (Phi) is 11.5. The van der Waals surface area contributed by atoms with Crippen LogP contribution in [0.15, 0.2) is 183 Å². The van der Waals surface area contributed by atoms with Gasteiger partial charge in [0.05, 0.1) is 39.3 Å². The maximum atomic E-state index is 11.1. The van der Waals surface area contributed by atoms with Crippen LogP contribution in [0.2, 0.25) is 0 Å². The van der Waals surface area contributed by atoms with Crippen molar-refractivity contribution in [2.24, 2.45) is 0 Å². The first kappa shape index (κ1) is 39.0. The zero-order valence-corrected chi connectivity index (χ0v) is 33.4. The molecule has 0 aliphatic heterocycles. The number of aliphatic hydroxyl groups is 1. The molecule has 0 spiro atoms. The molecular formula is C50H47N5O4. The molecule has 6 aromatic carbocycles. The molecule has 8 rings (SSSR count). The van der Waals surface area contributed by atoms with Crippen molar-refractivity contribution in [3.05, 3.63) is 216 Å². The highest BCUT2D eigenvalue weighted by Crippen LogP contribution is 2.44. The maximum absolute atomic E-state index is 11.1. The highest BCUT2D eigenvalue weighted by Gasteiger charge is 2.40.